The van der Waals surface area contributed by atoms with E-state index in [1.165, 1.54) is 11.8 Å². The number of benzene rings is 3. The summed E-state index contributed by atoms with van der Waals surface area (Å²) < 4.78 is 11.0. The minimum absolute atomic E-state index is 0.232. The van der Waals surface area contributed by atoms with Crippen LogP contribution in [0, 0.1) is 0 Å². The SMILES string of the molecule is COc1ccccc1C(=O)Nc1ccccc1SCc1nnc(-c2ccccc2)o1. The molecule has 0 aliphatic rings. The van der Waals surface area contributed by atoms with Crippen LogP contribution >= 0.6 is 11.8 Å². The molecule has 1 aromatic heterocycles. The molecule has 0 unspecified atom stereocenters. The van der Waals surface area contributed by atoms with E-state index in [1.54, 1.807) is 25.3 Å². The van der Waals surface area contributed by atoms with Crippen LogP contribution < -0.4 is 10.1 Å². The van der Waals surface area contributed by atoms with E-state index >= 15 is 0 Å². The van der Waals surface area contributed by atoms with Gasteiger partial charge in [0.15, 0.2) is 0 Å². The normalized spacial score (nSPS) is 10.6. The van der Waals surface area contributed by atoms with Crippen molar-refractivity contribution >= 4 is 23.4 Å². The number of hydrogen-bond acceptors (Lipinski definition) is 6. The van der Waals surface area contributed by atoms with Gasteiger partial charge in [-0.15, -0.1) is 22.0 Å². The summed E-state index contributed by atoms with van der Waals surface area (Å²) in [6.45, 7) is 0. The highest BCUT2D eigenvalue weighted by Gasteiger charge is 2.14. The molecule has 1 N–H and O–H groups in total. The molecule has 150 valence electrons. The number of thioether (sulfide) groups is 1. The van der Waals surface area contributed by atoms with Gasteiger partial charge in [0, 0.05) is 10.5 Å². The summed E-state index contributed by atoms with van der Waals surface area (Å²) in [6, 6.07) is 24.4. The summed E-state index contributed by atoms with van der Waals surface area (Å²) in [5.41, 5.74) is 2.07. The topological polar surface area (TPSA) is 77.2 Å². The van der Waals surface area contributed by atoms with Gasteiger partial charge in [0.2, 0.25) is 11.8 Å². The second-order valence-corrected chi connectivity index (χ2v) is 7.32. The second-order valence-electron chi connectivity index (χ2n) is 6.31. The molecule has 7 heteroatoms. The third kappa shape index (κ3) is 4.52. The zero-order valence-electron chi connectivity index (χ0n) is 16.2. The van der Waals surface area contributed by atoms with Crippen molar-refractivity contribution in [2.45, 2.75) is 10.6 Å². The van der Waals surface area contributed by atoms with E-state index in [-0.39, 0.29) is 5.91 Å². The molecule has 0 aliphatic heterocycles. The maximum absolute atomic E-state index is 12.7. The summed E-state index contributed by atoms with van der Waals surface area (Å²) in [5.74, 6) is 1.79. The van der Waals surface area contributed by atoms with Crippen LogP contribution in [0.15, 0.2) is 88.2 Å². The number of hydrogen-bond donors (Lipinski definition) is 1. The van der Waals surface area contributed by atoms with Gasteiger partial charge in [0.25, 0.3) is 5.91 Å². The number of rotatable bonds is 7. The van der Waals surface area contributed by atoms with Crippen molar-refractivity contribution in [3.8, 4) is 17.2 Å². The van der Waals surface area contributed by atoms with Gasteiger partial charge >= 0.3 is 0 Å². The number of carbonyl (C=O) groups is 1. The van der Waals surface area contributed by atoms with E-state index in [1.807, 2.05) is 60.7 Å². The maximum atomic E-state index is 12.7. The summed E-state index contributed by atoms with van der Waals surface area (Å²) in [5, 5.41) is 11.2. The minimum Gasteiger partial charge on any atom is -0.496 e. The lowest BCUT2D eigenvalue weighted by molar-refractivity contribution is 0.102. The number of nitrogens with zero attached hydrogens (tertiary/aromatic N) is 2. The van der Waals surface area contributed by atoms with Gasteiger partial charge in [0.1, 0.15) is 5.75 Å². The first-order valence-corrected chi connectivity index (χ1v) is 10.3. The Hall–Kier alpha value is -3.58. The molecular formula is C23H19N3O3S. The van der Waals surface area contributed by atoms with Gasteiger partial charge in [-0.2, -0.15) is 0 Å². The molecule has 1 heterocycles. The number of aromatic nitrogens is 2. The highest BCUT2D eigenvalue weighted by molar-refractivity contribution is 7.98. The third-order valence-corrected chi connectivity index (χ3v) is 5.38. The summed E-state index contributed by atoms with van der Waals surface area (Å²) in [4.78, 5) is 13.6. The van der Waals surface area contributed by atoms with Crippen LogP contribution in [0.3, 0.4) is 0 Å². The van der Waals surface area contributed by atoms with Crippen LogP contribution in [-0.2, 0) is 5.75 Å². The third-order valence-electron chi connectivity index (χ3n) is 4.33. The highest BCUT2D eigenvalue weighted by Crippen LogP contribution is 2.31. The second kappa shape index (κ2) is 9.28. The molecule has 0 radical (unpaired) electrons. The Bertz CT molecular complexity index is 1150. The predicted octanol–water partition coefficient (Wildman–Crippen LogP) is 5.29. The standard InChI is InChI=1S/C23H19N3O3S/c1-28-19-13-7-5-11-17(19)22(27)24-18-12-6-8-14-20(18)30-15-21-25-26-23(29-21)16-9-3-2-4-10-16/h2-14H,15H2,1H3,(H,24,27). The number of carbonyl (C=O) groups excluding carboxylic acids is 1. The van der Waals surface area contributed by atoms with Crippen molar-refractivity contribution in [2.24, 2.45) is 0 Å². The average Bonchev–Trinajstić information content (AvgIpc) is 3.28. The quantitative estimate of drug-likeness (QED) is 0.412. The number of amides is 1. The fraction of sp³-hybridized carbons (Fsp3) is 0.0870. The van der Waals surface area contributed by atoms with Crippen LogP contribution in [0.5, 0.6) is 5.75 Å². The Morgan fingerprint density at radius 3 is 2.53 bits per heavy atom. The average molecular weight is 417 g/mol. The largest absolute Gasteiger partial charge is 0.496 e. The van der Waals surface area contributed by atoms with Gasteiger partial charge in [-0.25, -0.2) is 0 Å². The van der Waals surface area contributed by atoms with E-state index in [9.17, 15) is 4.79 Å². The molecular weight excluding hydrogens is 398 g/mol. The van der Waals surface area contributed by atoms with Gasteiger partial charge in [-0.3, -0.25) is 4.79 Å². The van der Waals surface area contributed by atoms with Gasteiger partial charge in [0.05, 0.1) is 24.1 Å². The van der Waals surface area contributed by atoms with Crippen LogP contribution in [0.4, 0.5) is 5.69 Å². The molecule has 4 aromatic rings. The molecule has 1 amide bonds. The number of methoxy groups -OCH3 is 1. The monoisotopic (exact) mass is 417 g/mol. The lowest BCUT2D eigenvalue weighted by atomic mass is 10.2. The van der Waals surface area contributed by atoms with Crippen LogP contribution in [-0.4, -0.2) is 23.2 Å². The van der Waals surface area contributed by atoms with E-state index in [4.69, 9.17) is 9.15 Å². The summed E-state index contributed by atoms with van der Waals surface area (Å²) in [7, 11) is 1.55. The lowest BCUT2D eigenvalue weighted by Gasteiger charge is -2.12. The van der Waals surface area contributed by atoms with Crippen molar-refractivity contribution < 1.29 is 13.9 Å². The first-order valence-electron chi connectivity index (χ1n) is 9.28. The molecule has 0 fully saturated rings. The highest BCUT2D eigenvalue weighted by atomic mass is 32.2. The molecule has 30 heavy (non-hydrogen) atoms. The Morgan fingerprint density at radius 2 is 1.70 bits per heavy atom. The maximum Gasteiger partial charge on any atom is 0.259 e. The number of nitrogens with one attached hydrogen (secondary N) is 1. The summed E-state index contributed by atoms with van der Waals surface area (Å²) >= 11 is 1.51. The molecule has 0 atom stereocenters. The molecule has 0 aliphatic carbocycles. The Balaban J connectivity index is 1.46. The van der Waals surface area contributed by atoms with Gasteiger partial charge in [-0.05, 0) is 36.4 Å². The van der Waals surface area contributed by atoms with Crippen molar-refractivity contribution in [3.05, 3.63) is 90.3 Å². The number of para-hydroxylation sites is 2. The van der Waals surface area contributed by atoms with Crippen LogP contribution in [0.25, 0.3) is 11.5 Å². The van der Waals surface area contributed by atoms with Crippen molar-refractivity contribution in [1.82, 2.24) is 10.2 Å². The van der Waals surface area contributed by atoms with Crippen LogP contribution in [0.1, 0.15) is 16.2 Å². The predicted molar refractivity (Wildman–Crippen MR) is 117 cm³/mol. The van der Waals surface area contributed by atoms with E-state index in [0.717, 1.165) is 10.5 Å². The zero-order valence-corrected chi connectivity index (χ0v) is 17.1. The van der Waals surface area contributed by atoms with E-state index < -0.39 is 0 Å². The van der Waals surface area contributed by atoms with Crippen LogP contribution in [0.2, 0.25) is 0 Å². The Kier molecular flexibility index (Phi) is 6.10. The molecule has 0 spiro atoms. The van der Waals surface area contributed by atoms with E-state index in [0.29, 0.717) is 34.5 Å². The summed E-state index contributed by atoms with van der Waals surface area (Å²) in [6.07, 6.45) is 0. The smallest absolute Gasteiger partial charge is 0.259 e. The zero-order chi connectivity index (χ0) is 20.8. The molecule has 0 saturated heterocycles. The fourth-order valence-corrected chi connectivity index (χ4v) is 3.71. The molecule has 4 rings (SSSR count). The minimum atomic E-state index is -0.232. The Morgan fingerprint density at radius 1 is 0.967 bits per heavy atom. The molecule has 0 bridgehead atoms. The first kappa shape index (κ1) is 19.7. The molecule has 0 saturated carbocycles. The first-order chi connectivity index (χ1) is 14.7. The Labute approximate surface area is 178 Å². The lowest BCUT2D eigenvalue weighted by Crippen LogP contribution is -2.13. The van der Waals surface area contributed by atoms with Crippen molar-refractivity contribution in [2.75, 3.05) is 12.4 Å². The number of ether oxygens (including phenoxy) is 1. The van der Waals surface area contributed by atoms with E-state index in [2.05, 4.69) is 15.5 Å². The van der Waals surface area contributed by atoms with Crippen molar-refractivity contribution in [3.63, 3.8) is 0 Å². The van der Waals surface area contributed by atoms with Gasteiger partial charge < -0.3 is 14.5 Å². The number of anilines is 1. The molecule has 3 aromatic carbocycles. The molecule has 6 nitrogen and oxygen atoms in total. The van der Waals surface area contributed by atoms with Crippen molar-refractivity contribution in [1.29, 1.82) is 0 Å². The fourth-order valence-electron chi connectivity index (χ4n) is 2.87. The van der Waals surface area contributed by atoms with Gasteiger partial charge in [-0.1, -0.05) is 42.5 Å².